The molecule has 0 fully saturated rings. The van der Waals surface area contributed by atoms with Crippen molar-refractivity contribution in [2.24, 2.45) is 0 Å². The molecule has 0 aliphatic rings. The summed E-state index contributed by atoms with van der Waals surface area (Å²) in [6.45, 7) is 1.50. The standard InChI is InChI=1S/C24H18FNO3/c1-15(23(27)26-19-12-10-18(25)11-13-19)29-24(28)22-20-8-4-2-6-16(20)14-17-7-3-5-9-21(17)22/h2-15H,1H3,(H,26,27)/t15-/m0/s1. The molecule has 0 aromatic heterocycles. The fourth-order valence-electron chi connectivity index (χ4n) is 3.28. The van der Waals surface area contributed by atoms with Gasteiger partial charge >= 0.3 is 5.97 Å². The van der Waals surface area contributed by atoms with Gasteiger partial charge in [0.05, 0.1) is 5.56 Å². The van der Waals surface area contributed by atoms with Crippen LogP contribution in [0.2, 0.25) is 0 Å². The summed E-state index contributed by atoms with van der Waals surface area (Å²) in [5.41, 5.74) is 0.857. The maximum Gasteiger partial charge on any atom is 0.340 e. The number of benzene rings is 4. The van der Waals surface area contributed by atoms with Crippen molar-refractivity contribution in [3.05, 3.63) is 90.2 Å². The third-order valence-electron chi connectivity index (χ3n) is 4.74. The van der Waals surface area contributed by atoms with Gasteiger partial charge in [0, 0.05) is 5.69 Å². The molecule has 5 heteroatoms. The third-order valence-corrected chi connectivity index (χ3v) is 4.74. The second-order valence-electron chi connectivity index (χ2n) is 6.74. The number of esters is 1. The zero-order chi connectivity index (χ0) is 20.4. The van der Waals surface area contributed by atoms with E-state index in [1.807, 2.05) is 54.6 Å². The number of anilines is 1. The Morgan fingerprint density at radius 1 is 0.862 bits per heavy atom. The molecule has 0 saturated heterocycles. The Bertz CT molecular complexity index is 1160. The van der Waals surface area contributed by atoms with E-state index in [1.165, 1.54) is 31.2 Å². The number of fused-ring (bicyclic) bond motifs is 2. The van der Waals surface area contributed by atoms with Crippen molar-refractivity contribution >= 4 is 39.1 Å². The SMILES string of the molecule is C[C@H](OC(=O)c1c2ccccc2cc2ccccc12)C(=O)Nc1ccc(F)cc1. The molecule has 1 N–H and O–H groups in total. The molecule has 1 amide bonds. The third kappa shape index (κ3) is 3.80. The quantitative estimate of drug-likeness (QED) is 0.381. The maximum absolute atomic E-state index is 13.0. The zero-order valence-electron chi connectivity index (χ0n) is 15.7. The average Bonchev–Trinajstić information content (AvgIpc) is 2.73. The highest BCUT2D eigenvalue weighted by Gasteiger charge is 2.22. The monoisotopic (exact) mass is 387 g/mol. The van der Waals surface area contributed by atoms with Crippen LogP contribution in [0.1, 0.15) is 17.3 Å². The number of nitrogens with one attached hydrogen (secondary N) is 1. The van der Waals surface area contributed by atoms with Crippen LogP contribution < -0.4 is 5.32 Å². The predicted octanol–water partition coefficient (Wildman–Crippen LogP) is 5.32. The fourth-order valence-corrected chi connectivity index (χ4v) is 3.28. The van der Waals surface area contributed by atoms with E-state index in [4.69, 9.17) is 4.74 Å². The molecule has 0 radical (unpaired) electrons. The minimum atomic E-state index is -1.02. The van der Waals surface area contributed by atoms with Crippen molar-refractivity contribution in [2.45, 2.75) is 13.0 Å². The molecule has 4 rings (SSSR count). The first-order chi connectivity index (χ1) is 14.0. The molecule has 4 nitrogen and oxygen atoms in total. The molecular weight excluding hydrogens is 369 g/mol. The molecule has 4 aromatic rings. The van der Waals surface area contributed by atoms with Gasteiger partial charge in [-0.15, -0.1) is 0 Å². The number of rotatable bonds is 4. The second kappa shape index (κ2) is 7.72. The highest BCUT2D eigenvalue weighted by Crippen LogP contribution is 2.29. The lowest BCUT2D eigenvalue weighted by molar-refractivity contribution is -0.123. The molecule has 0 aliphatic carbocycles. The van der Waals surface area contributed by atoms with E-state index >= 15 is 0 Å². The number of carbonyl (C=O) groups excluding carboxylic acids is 2. The van der Waals surface area contributed by atoms with Gasteiger partial charge in [0.1, 0.15) is 5.82 Å². The number of halogens is 1. The predicted molar refractivity (Wildman–Crippen MR) is 111 cm³/mol. The summed E-state index contributed by atoms with van der Waals surface area (Å²) in [5.74, 6) is -1.46. The van der Waals surface area contributed by atoms with Gasteiger partial charge in [-0.25, -0.2) is 9.18 Å². The Kier molecular flexibility index (Phi) is 4.96. The number of hydrogen-bond donors (Lipinski definition) is 1. The van der Waals surface area contributed by atoms with Crippen molar-refractivity contribution in [3.63, 3.8) is 0 Å². The number of ether oxygens (including phenoxy) is 1. The van der Waals surface area contributed by atoms with Crippen molar-refractivity contribution in [2.75, 3.05) is 5.32 Å². The number of carbonyl (C=O) groups is 2. The summed E-state index contributed by atoms with van der Waals surface area (Å²) < 4.78 is 18.5. The first kappa shape index (κ1) is 18.6. The van der Waals surface area contributed by atoms with Crippen LogP contribution in [0.3, 0.4) is 0 Å². The molecule has 0 spiro atoms. The van der Waals surface area contributed by atoms with Gasteiger partial charge in [0.15, 0.2) is 6.10 Å². The molecule has 29 heavy (non-hydrogen) atoms. The van der Waals surface area contributed by atoms with E-state index in [0.717, 1.165) is 21.5 Å². The van der Waals surface area contributed by atoms with E-state index in [0.29, 0.717) is 11.3 Å². The van der Waals surface area contributed by atoms with Crippen molar-refractivity contribution in [1.29, 1.82) is 0 Å². The lowest BCUT2D eigenvalue weighted by Crippen LogP contribution is -2.30. The molecule has 4 aromatic carbocycles. The van der Waals surface area contributed by atoms with Crippen molar-refractivity contribution < 1.29 is 18.7 Å². The van der Waals surface area contributed by atoms with Crippen molar-refractivity contribution in [3.8, 4) is 0 Å². The summed E-state index contributed by atoms with van der Waals surface area (Å²) in [4.78, 5) is 25.4. The van der Waals surface area contributed by atoms with E-state index in [-0.39, 0.29) is 0 Å². The van der Waals surface area contributed by atoms with E-state index in [2.05, 4.69) is 5.32 Å². The van der Waals surface area contributed by atoms with Gasteiger partial charge in [-0.05, 0) is 58.8 Å². The number of amides is 1. The molecular formula is C24H18FNO3. The molecule has 0 unspecified atom stereocenters. The average molecular weight is 387 g/mol. The van der Waals surface area contributed by atoms with Crippen LogP contribution in [0.25, 0.3) is 21.5 Å². The highest BCUT2D eigenvalue weighted by molar-refractivity contribution is 6.17. The fraction of sp³-hybridized carbons (Fsp3) is 0.0833. The molecule has 0 heterocycles. The van der Waals surface area contributed by atoms with Crippen LogP contribution >= 0.6 is 0 Å². The van der Waals surface area contributed by atoms with E-state index in [1.54, 1.807) is 0 Å². The lowest BCUT2D eigenvalue weighted by Gasteiger charge is -2.16. The minimum Gasteiger partial charge on any atom is -0.449 e. The van der Waals surface area contributed by atoms with Crippen LogP contribution in [0, 0.1) is 5.82 Å². The van der Waals surface area contributed by atoms with Crippen LogP contribution in [-0.2, 0) is 9.53 Å². The number of hydrogen-bond acceptors (Lipinski definition) is 3. The molecule has 0 bridgehead atoms. The summed E-state index contributed by atoms with van der Waals surface area (Å²) in [6, 6.07) is 22.5. The van der Waals surface area contributed by atoms with Gasteiger partial charge in [-0.1, -0.05) is 48.5 Å². The van der Waals surface area contributed by atoms with Gasteiger partial charge < -0.3 is 10.1 Å². The van der Waals surface area contributed by atoms with Crippen LogP contribution in [0.5, 0.6) is 0 Å². The van der Waals surface area contributed by atoms with Gasteiger partial charge in [-0.3, -0.25) is 4.79 Å². The lowest BCUT2D eigenvalue weighted by atomic mass is 9.97. The second-order valence-corrected chi connectivity index (χ2v) is 6.74. The summed E-state index contributed by atoms with van der Waals surface area (Å²) in [7, 11) is 0. The first-order valence-corrected chi connectivity index (χ1v) is 9.21. The normalized spacial score (nSPS) is 11.9. The summed E-state index contributed by atoms with van der Waals surface area (Å²) >= 11 is 0. The van der Waals surface area contributed by atoms with Gasteiger partial charge in [0.25, 0.3) is 5.91 Å². The Balaban J connectivity index is 1.62. The van der Waals surface area contributed by atoms with E-state index < -0.39 is 23.8 Å². The summed E-state index contributed by atoms with van der Waals surface area (Å²) in [6.07, 6.45) is -1.02. The maximum atomic E-state index is 13.0. The molecule has 0 saturated carbocycles. The van der Waals surface area contributed by atoms with Gasteiger partial charge in [0.2, 0.25) is 0 Å². The van der Waals surface area contributed by atoms with Crippen LogP contribution in [-0.4, -0.2) is 18.0 Å². The smallest absolute Gasteiger partial charge is 0.340 e. The largest absolute Gasteiger partial charge is 0.449 e. The molecule has 144 valence electrons. The zero-order valence-corrected chi connectivity index (χ0v) is 15.7. The Morgan fingerprint density at radius 3 is 2.00 bits per heavy atom. The minimum absolute atomic E-state index is 0.398. The van der Waals surface area contributed by atoms with Crippen LogP contribution in [0.15, 0.2) is 78.9 Å². The summed E-state index contributed by atoms with van der Waals surface area (Å²) in [5, 5.41) is 5.99. The Hall–Kier alpha value is -3.73. The van der Waals surface area contributed by atoms with Crippen LogP contribution in [0.4, 0.5) is 10.1 Å². The topological polar surface area (TPSA) is 55.4 Å². The first-order valence-electron chi connectivity index (χ1n) is 9.21. The molecule has 1 atom stereocenters. The Morgan fingerprint density at radius 2 is 1.41 bits per heavy atom. The Labute approximate surface area is 166 Å². The van der Waals surface area contributed by atoms with E-state index in [9.17, 15) is 14.0 Å². The van der Waals surface area contributed by atoms with Crippen molar-refractivity contribution in [1.82, 2.24) is 0 Å². The highest BCUT2D eigenvalue weighted by atomic mass is 19.1. The van der Waals surface area contributed by atoms with Gasteiger partial charge in [-0.2, -0.15) is 0 Å². The molecule has 0 aliphatic heterocycles.